The Morgan fingerprint density at radius 1 is 1.32 bits per heavy atom. The summed E-state index contributed by atoms with van der Waals surface area (Å²) in [4.78, 5) is 24.7. The van der Waals surface area contributed by atoms with Crippen molar-refractivity contribution in [2.75, 3.05) is 5.32 Å². The summed E-state index contributed by atoms with van der Waals surface area (Å²) in [6.45, 7) is 0. The maximum absolute atomic E-state index is 10.8. The molecule has 0 saturated carbocycles. The number of anilines is 1. The molecule has 1 aromatic heterocycles. The second kappa shape index (κ2) is 6.46. The summed E-state index contributed by atoms with van der Waals surface area (Å²) in [5.74, 6) is 0.577. The van der Waals surface area contributed by atoms with Gasteiger partial charge in [-0.3, -0.25) is 15.4 Å². The molecule has 0 aliphatic heterocycles. The number of primary amides is 1. The summed E-state index contributed by atoms with van der Waals surface area (Å²) >= 11 is 11.8. The van der Waals surface area contributed by atoms with Gasteiger partial charge in [0.2, 0.25) is 0 Å². The molecule has 1 aromatic carbocycles. The van der Waals surface area contributed by atoms with Crippen LogP contribution in [0.25, 0.3) is 0 Å². The van der Waals surface area contributed by atoms with Crippen LogP contribution in [-0.4, -0.2) is 15.9 Å². The first-order chi connectivity index (χ1) is 10.4. The molecule has 0 fully saturated rings. The standard InChI is InChI=1S/C12H8Cl2N4O4/c13-10-7(18(20)21)1-2-8(11(10)14)22-6-3-4-16-9(5-6)17-12(15)19/h1-5H,(H3,15,16,17,19). The molecule has 8 nitrogen and oxygen atoms in total. The van der Waals surface area contributed by atoms with Crippen molar-refractivity contribution in [1.29, 1.82) is 0 Å². The van der Waals surface area contributed by atoms with Crippen LogP contribution in [0.5, 0.6) is 11.5 Å². The van der Waals surface area contributed by atoms with Crippen molar-refractivity contribution >= 4 is 40.7 Å². The second-order valence-corrected chi connectivity index (χ2v) is 4.69. The van der Waals surface area contributed by atoms with Gasteiger partial charge in [0, 0.05) is 18.3 Å². The smallest absolute Gasteiger partial charge is 0.317 e. The Kier molecular flexibility index (Phi) is 4.64. The number of carbonyl (C=O) groups is 1. The van der Waals surface area contributed by atoms with Crippen LogP contribution in [0.4, 0.5) is 16.3 Å². The molecule has 0 aliphatic rings. The fourth-order valence-corrected chi connectivity index (χ4v) is 1.96. The predicted molar refractivity (Wildman–Crippen MR) is 80.6 cm³/mol. The van der Waals surface area contributed by atoms with Crippen molar-refractivity contribution in [1.82, 2.24) is 4.98 Å². The third-order valence-electron chi connectivity index (χ3n) is 2.43. The van der Waals surface area contributed by atoms with Gasteiger partial charge in [0.05, 0.1) is 4.92 Å². The fourth-order valence-electron chi connectivity index (χ4n) is 1.54. The highest BCUT2D eigenvalue weighted by Gasteiger charge is 2.19. The van der Waals surface area contributed by atoms with Gasteiger partial charge >= 0.3 is 6.03 Å². The van der Waals surface area contributed by atoms with Gasteiger partial charge in [-0.25, -0.2) is 9.78 Å². The van der Waals surface area contributed by atoms with Crippen molar-refractivity contribution in [2.24, 2.45) is 5.73 Å². The summed E-state index contributed by atoms with van der Waals surface area (Å²) in [7, 11) is 0. The Morgan fingerprint density at radius 2 is 2.05 bits per heavy atom. The quantitative estimate of drug-likeness (QED) is 0.649. The SMILES string of the molecule is NC(=O)Nc1cc(Oc2ccc([N+](=O)[O-])c(Cl)c2Cl)ccn1. The zero-order valence-electron chi connectivity index (χ0n) is 10.7. The van der Waals surface area contributed by atoms with Crippen LogP contribution < -0.4 is 15.8 Å². The number of nitro groups is 1. The molecule has 0 spiro atoms. The Balaban J connectivity index is 2.30. The number of nitrogens with zero attached hydrogens (tertiary/aromatic N) is 2. The van der Waals surface area contributed by atoms with E-state index in [0.717, 1.165) is 0 Å². The average Bonchev–Trinajstić information content (AvgIpc) is 2.43. The first-order valence-electron chi connectivity index (χ1n) is 5.71. The third kappa shape index (κ3) is 3.54. The van der Waals surface area contributed by atoms with E-state index in [0.29, 0.717) is 0 Å². The molecule has 0 aliphatic carbocycles. The number of nitro benzene ring substituents is 1. The van der Waals surface area contributed by atoms with E-state index in [2.05, 4.69) is 10.3 Å². The normalized spacial score (nSPS) is 10.1. The molecule has 114 valence electrons. The van der Waals surface area contributed by atoms with Crippen molar-refractivity contribution in [3.05, 3.63) is 50.6 Å². The van der Waals surface area contributed by atoms with Gasteiger partial charge in [0.25, 0.3) is 5.69 Å². The van der Waals surface area contributed by atoms with E-state index in [1.165, 1.54) is 30.5 Å². The molecule has 2 aromatic rings. The molecule has 0 unspecified atom stereocenters. The summed E-state index contributed by atoms with van der Waals surface area (Å²) in [6, 6.07) is 4.61. The predicted octanol–water partition coefficient (Wildman–Crippen LogP) is 3.58. The Labute approximate surface area is 133 Å². The zero-order chi connectivity index (χ0) is 16.3. The van der Waals surface area contributed by atoms with Gasteiger partial charge in [0.15, 0.2) is 0 Å². The lowest BCUT2D eigenvalue weighted by atomic mass is 10.3. The first kappa shape index (κ1) is 15.8. The molecular formula is C12H8Cl2N4O4. The van der Waals surface area contributed by atoms with Crippen LogP contribution in [0.3, 0.4) is 0 Å². The number of carbonyl (C=O) groups excluding carboxylic acids is 1. The molecule has 0 radical (unpaired) electrons. The molecule has 1 heterocycles. The first-order valence-corrected chi connectivity index (χ1v) is 6.47. The number of rotatable bonds is 4. The monoisotopic (exact) mass is 342 g/mol. The average molecular weight is 343 g/mol. The second-order valence-electron chi connectivity index (χ2n) is 3.94. The molecule has 0 saturated heterocycles. The highest BCUT2D eigenvalue weighted by Crippen LogP contribution is 2.40. The number of halogens is 2. The van der Waals surface area contributed by atoms with Crippen molar-refractivity contribution in [2.45, 2.75) is 0 Å². The van der Waals surface area contributed by atoms with E-state index < -0.39 is 11.0 Å². The summed E-state index contributed by atoms with van der Waals surface area (Å²) in [5, 5.41) is 12.7. The molecule has 0 bridgehead atoms. The number of aromatic nitrogens is 1. The van der Waals surface area contributed by atoms with Crippen molar-refractivity contribution in [3.8, 4) is 11.5 Å². The van der Waals surface area contributed by atoms with Crippen LogP contribution in [0.15, 0.2) is 30.5 Å². The molecule has 2 amide bonds. The minimum absolute atomic E-state index is 0.0999. The summed E-state index contributed by atoms with van der Waals surface area (Å²) < 4.78 is 5.48. The molecule has 22 heavy (non-hydrogen) atoms. The molecule has 0 atom stereocenters. The third-order valence-corrected chi connectivity index (χ3v) is 3.29. The maximum Gasteiger partial charge on any atom is 0.317 e. The van der Waals surface area contributed by atoms with Crippen molar-refractivity contribution in [3.63, 3.8) is 0 Å². The maximum atomic E-state index is 10.8. The van der Waals surface area contributed by atoms with Gasteiger partial charge in [0.1, 0.15) is 27.4 Å². The summed E-state index contributed by atoms with van der Waals surface area (Å²) in [6.07, 6.45) is 1.38. The number of amides is 2. The van der Waals surface area contributed by atoms with E-state index >= 15 is 0 Å². The summed E-state index contributed by atoms with van der Waals surface area (Å²) in [5.41, 5.74) is 4.65. The lowest BCUT2D eigenvalue weighted by molar-refractivity contribution is -0.384. The molecular weight excluding hydrogens is 335 g/mol. The zero-order valence-corrected chi connectivity index (χ0v) is 12.3. The number of benzene rings is 1. The highest BCUT2D eigenvalue weighted by molar-refractivity contribution is 6.44. The van der Waals surface area contributed by atoms with Gasteiger partial charge in [-0.05, 0) is 12.1 Å². The van der Waals surface area contributed by atoms with Crippen LogP contribution in [0.2, 0.25) is 10.0 Å². The lowest BCUT2D eigenvalue weighted by Crippen LogP contribution is -2.19. The topological polar surface area (TPSA) is 120 Å². The van der Waals surface area contributed by atoms with Gasteiger partial charge < -0.3 is 10.5 Å². The van der Waals surface area contributed by atoms with Crippen molar-refractivity contribution < 1.29 is 14.5 Å². The Bertz CT molecular complexity index is 754. The minimum atomic E-state index is -0.777. The van der Waals surface area contributed by atoms with E-state index in [-0.39, 0.29) is 33.0 Å². The van der Waals surface area contributed by atoms with E-state index in [9.17, 15) is 14.9 Å². The van der Waals surface area contributed by atoms with E-state index in [4.69, 9.17) is 33.7 Å². The van der Waals surface area contributed by atoms with Crippen LogP contribution >= 0.6 is 23.2 Å². The van der Waals surface area contributed by atoms with Crippen LogP contribution in [0, 0.1) is 10.1 Å². The Morgan fingerprint density at radius 3 is 2.68 bits per heavy atom. The fraction of sp³-hybridized carbons (Fsp3) is 0. The number of hydrogen-bond acceptors (Lipinski definition) is 5. The molecule has 3 N–H and O–H groups in total. The number of ether oxygens (including phenoxy) is 1. The molecule has 2 rings (SSSR count). The largest absolute Gasteiger partial charge is 0.456 e. The number of nitrogens with two attached hydrogens (primary N) is 1. The lowest BCUT2D eigenvalue weighted by Gasteiger charge is -2.09. The van der Waals surface area contributed by atoms with Crippen LogP contribution in [0.1, 0.15) is 0 Å². The van der Waals surface area contributed by atoms with Gasteiger partial charge in [-0.2, -0.15) is 0 Å². The number of nitrogens with one attached hydrogen (secondary N) is 1. The highest BCUT2D eigenvalue weighted by atomic mass is 35.5. The number of urea groups is 1. The molecule has 10 heteroatoms. The van der Waals surface area contributed by atoms with Gasteiger partial charge in [-0.1, -0.05) is 23.2 Å². The van der Waals surface area contributed by atoms with E-state index in [1.807, 2.05) is 0 Å². The minimum Gasteiger partial charge on any atom is -0.456 e. The number of hydrogen-bond donors (Lipinski definition) is 2. The Hall–Kier alpha value is -2.58. The van der Waals surface area contributed by atoms with Gasteiger partial charge in [-0.15, -0.1) is 0 Å². The number of pyridine rings is 1. The van der Waals surface area contributed by atoms with Crippen LogP contribution in [-0.2, 0) is 0 Å². The van der Waals surface area contributed by atoms with E-state index in [1.54, 1.807) is 0 Å².